The quantitative estimate of drug-likeness (QED) is 0.458. The molecular formula is C28H36N4O5. The highest BCUT2D eigenvalue weighted by molar-refractivity contribution is 6.01. The van der Waals surface area contributed by atoms with Crippen LogP contribution in [0.25, 0.3) is 11.3 Å². The third-order valence-corrected chi connectivity index (χ3v) is 7.92. The summed E-state index contributed by atoms with van der Waals surface area (Å²) >= 11 is 0. The number of carbonyl (C=O) groups excluding carboxylic acids is 2. The molecule has 1 aliphatic carbocycles. The summed E-state index contributed by atoms with van der Waals surface area (Å²) in [6.07, 6.45) is 5.84. The average molecular weight is 509 g/mol. The summed E-state index contributed by atoms with van der Waals surface area (Å²) in [4.78, 5) is 37.9. The van der Waals surface area contributed by atoms with Gasteiger partial charge in [-0.3, -0.25) is 9.78 Å². The number of amides is 1. The van der Waals surface area contributed by atoms with Crippen LogP contribution < -0.4 is 15.0 Å². The summed E-state index contributed by atoms with van der Waals surface area (Å²) < 4.78 is 17.0. The van der Waals surface area contributed by atoms with E-state index in [0.717, 1.165) is 31.9 Å². The lowest BCUT2D eigenvalue weighted by Crippen LogP contribution is -2.71. The topological polar surface area (TPSA) is 103 Å². The van der Waals surface area contributed by atoms with E-state index in [-0.39, 0.29) is 17.8 Å². The Morgan fingerprint density at radius 3 is 2.57 bits per heavy atom. The van der Waals surface area contributed by atoms with Crippen LogP contribution in [0.4, 0.5) is 5.69 Å². The molecule has 4 heterocycles. The van der Waals surface area contributed by atoms with Gasteiger partial charge >= 0.3 is 5.97 Å². The second kappa shape index (κ2) is 10.3. The predicted molar refractivity (Wildman–Crippen MR) is 139 cm³/mol. The minimum atomic E-state index is -1.12. The van der Waals surface area contributed by atoms with E-state index in [4.69, 9.17) is 19.2 Å². The first-order valence-electron chi connectivity index (χ1n) is 13.4. The molecule has 0 bridgehead atoms. The summed E-state index contributed by atoms with van der Waals surface area (Å²) in [5.41, 5.74) is 1.29. The summed E-state index contributed by atoms with van der Waals surface area (Å²) in [5, 5.41) is 2.92. The Balaban J connectivity index is 1.45. The van der Waals surface area contributed by atoms with Crippen molar-refractivity contribution in [3.05, 3.63) is 36.2 Å². The SMILES string of the molecule is CCOC(=O)C(CC)(CC)NC(=O)c1ncccc1-c1ccc(N2CCC23COC3)c(OCC2CC2)n1. The molecule has 2 aliphatic heterocycles. The van der Waals surface area contributed by atoms with Crippen molar-refractivity contribution in [2.45, 2.75) is 64.0 Å². The molecule has 37 heavy (non-hydrogen) atoms. The van der Waals surface area contributed by atoms with Crippen LogP contribution >= 0.6 is 0 Å². The van der Waals surface area contributed by atoms with E-state index < -0.39 is 17.4 Å². The Labute approximate surface area is 217 Å². The fourth-order valence-electron chi connectivity index (χ4n) is 5.03. The number of ether oxygens (including phenoxy) is 3. The molecule has 1 amide bonds. The van der Waals surface area contributed by atoms with E-state index >= 15 is 0 Å². The van der Waals surface area contributed by atoms with Gasteiger partial charge in [0.05, 0.1) is 37.7 Å². The molecule has 2 aromatic rings. The Morgan fingerprint density at radius 1 is 1.19 bits per heavy atom. The smallest absolute Gasteiger partial charge is 0.331 e. The van der Waals surface area contributed by atoms with E-state index in [1.165, 1.54) is 12.8 Å². The number of rotatable bonds is 11. The molecule has 9 heteroatoms. The minimum Gasteiger partial charge on any atom is -0.476 e. The monoisotopic (exact) mass is 508 g/mol. The number of esters is 1. The van der Waals surface area contributed by atoms with Crippen molar-refractivity contribution in [1.82, 2.24) is 15.3 Å². The summed E-state index contributed by atoms with van der Waals surface area (Å²) in [6.45, 7) is 8.74. The highest BCUT2D eigenvalue weighted by Gasteiger charge is 2.51. The van der Waals surface area contributed by atoms with Crippen LogP contribution in [0.15, 0.2) is 30.5 Å². The summed E-state index contributed by atoms with van der Waals surface area (Å²) in [7, 11) is 0. The van der Waals surface area contributed by atoms with Crippen LogP contribution in [0, 0.1) is 5.92 Å². The van der Waals surface area contributed by atoms with Gasteiger partial charge in [-0.05, 0) is 69.2 Å². The fourth-order valence-corrected chi connectivity index (χ4v) is 5.03. The van der Waals surface area contributed by atoms with Crippen LogP contribution in [-0.4, -0.2) is 65.9 Å². The summed E-state index contributed by atoms with van der Waals surface area (Å²) in [6, 6.07) is 7.54. The molecule has 3 fully saturated rings. The number of carbonyl (C=O) groups is 2. The molecule has 1 N–H and O–H groups in total. The zero-order chi connectivity index (χ0) is 26.0. The Morgan fingerprint density at radius 2 is 1.97 bits per heavy atom. The molecule has 1 spiro atoms. The second-order valence-electron chi connectivity index (χ2n) is 10.3. The van der Waals surface area contributed by atoms with E-state index in [9.17, 15) is 9.59 Å². The lowest BCUT2D eigenvalue weighted by Gasteiger charge is -2.58. The van der Waals surface area contributed by atoms with Gasteiger partial charge in [-0.25, -0.2) is 9.78 Å². The lowest BCUT2D eigenvalue weighted by atomic mass is 9.82. The van der Waals surface area contributed by atoms with Crippen molar-refractivity contribution >= 4 is 17.6 Å². The van der Waals surface area contributed by atoms with Crippen LogP contribution in [-0.2, 0) is 14.3 Å². The van der Waals surface area contributed by atoms with Gasteiger partial charge in [-0.2, -0.15) is 0 Å². The van der Waals surface area contributed by atoms with Gasteiger partial charge in [0, 0.05) is 18.3 Å². The highest BCUT2D eigenvalue weighted by Crippen LogP contribution is 2.45. The molecule has 0 aromatic carbocycles. The number of aromatic nitrogens is 2. The molecule has 0 radical (unpaired) electrons. The number of anilines is 1. The Hall–Kier alpha value is -3.20. The minimum absolute atomic E-state index is 0.0525. The number of pyridine rings is 2. The number of hydrogen-bond donors (Lipinski definition) is 1. The second-order valence-corrected chi connectivity index (χ2v) is 10.3. The number of hydrogen-bond acceptors (Lipinski definition) is 8. The number of nitrogens with one attached hydrogen (secondary N) is 1. The lowest BCUT2D eigenvalue weighted by molar-refractivity contribution is -0.151. The van der Waals surface area contributed by atoms with E-state index in [1.54, 1.807) is 19.2 Å². The normalized spacial score (nSPS) is 18.1. The molecule has 0 atom stereocenters. The summed E-state index contributed by atoms with van der Waals surface area (Å²) in [5.74, 6) is 0.280. The molecular weight excluding hydrogens is 472 g/mol. The third kappa shape index (κ3) is 4.77. The van der Waals surface area contributed by atoms with Gasteiger partial charge in [0.15, 0.2) is 0 Å². The zero-order valence-electron chi connectivity index (χ0n) is 21.9. The van der Waals surface area contributed by atoms with Gasteiger partial charge in [-0.15, -0.1) is 0 Å². The van der Waals surface area contributed by atoms with Gasteiger partial charge in [0.2, 0.25) is 5.88 Å². The maximum absolute atomic E-state index is 13.5. The Kier molecular flexibility index (Phi) is 7.07. The number of nitrogens with zero attached hydrogens (tertiary/aromatic N) is 3. The molecule has 2 saturated heterocycles. The first kappa shape index (κ1) is 25.4. The molecule has 5 rings (SSSR count). The molecule has 9 nitrogen and oxygen atoms in total. The van der Waals surface area contributed by atoms with Gasteiger partial charge < -0.3 is 24.4 Å². The van der Waals surface area contributed by atoms with Crippen LogP contribution in [0.5, 0.6) is 5.88 Å². The third-order valence-electron chi connectivity index (χ3n) is 7.92. The van der Waals surface area contributed by atoms with Crippen molar-refractivity contribution in [1.29, 1.82) is 0 Å². The average Bonchev–Trinajstić information content (AvgIpc) is 3.70. The van der Waals surface area contributed by atoms with Crippen LogP contribution in [0.3, 0.4) is 0 Å². The van der Waals surface area contributed by atoms with Crippen molar-refractivity contribution in [2.24, 2.45) is 5.92 Å². The van der Waals surface area contributed by atoms with E-state index in [1.807, 2.05) is 32.0 Å². The van der Waals surface area contributed by atoms with Crippen molar-refractivity contribution < 1.29 is 23.8 Å². The molecule has 3 aliphatic rings. The van der Waals surface area contributed by atoms with E-state index in [0.29, 0.717) is 42.5 Å². The molecule has 2 aromatic heterocycles. The fraction of sp³-hybridized carbons (Fsp3) is 0.571. The molecule has 0 unspecified atom stereocenters. The molecule has 198 valence electrons. The van der Waals surface area contributed by atoms with E-state index in [2.05, 4.69) is 15.2 Å². The predicted octanol–water partition coefficient (Wildman–Crippen LogP) is 3.76. The first-order valence-corrected chi connectivity index (χ1v) is 13.4. The van der Waals surface area contributed by atoms with Gasteiger partial charge in [0.25, 0.3) is 5.91 Å². The van der Waals surface area contributed by atoms with Crippen molar-refractivity contribution in [3.8, 4) is 17.1 Å². The largest absolute Gasteiger partial charge is 0.476 e. The van der Waals surface area contributed by atoms with Crippen LogP contribution in [0.1, 0.15) is 63.4 Å². The maximum Gasteiger partial charge on any atom is 0.331 e. The zero-order valence-corrected chi connectivity index (χ0v) is 21.9. The van der Waals surface area contributed by atoms with Crippen molar-refractivity contribution in [3.63, 3.8) is 0 Å². The highest BCUT2D eigenvalue weighted by atomic mass is 16.5. The maximum atomic E-state index is 13.5. The first-order chi connectivity index (χ1) is 17.9. The van der Waals surface area contributed by atoms with Gasteiger partial charge in [-0.1, -0.05) is 13.8 Å². The van der Waals surface area contributed by atoms with Gasteiger partial charge in [0.1, 0.15) is 16.9 Å². The van der Waals surface area contributed by atoms with Crippen molar-refractivity contribution in [2.75, 3.05) is 37.9 Å². The Bertz CT molecular complexity index is 1150. The standard InChI is InChI=1S/C28H36N4O5/c1-4-28(5-2,26(34)36-6-3)31-24(33)23-20(8-7-14-29-23)21-11-12-22(25(30-21)37-16-19-9-10-19)32-15-13-27(32)17-35-18-27/h7-8,11-12,14,19H,4-6,9-10,13,15-18H2,1-3H3,(H,31,33). The molecule has 1 saturated carbocycles. The van der Waals surface area contributed by atoms with Crippen LogP contribution in [0.2, 0.25) is 0 Å².